The average Bonchev–Trinajstić information content (AvgIpc) is 3.28. The number of aliphatic hydroxyl groups excluding tert-OH is 1. The van der Waals surface area contributed by atoms with Gasteiger partial charge in [-0.15, -0.1) is 11.3 Å². The van der Waals surface area contributed by atoms with E-state index in [-0.39, 0.29) is 28.9 Å². The molecule has 2 saturated heterocycles. The van der Waals surface area contributed by atoms with E-state index in [1.807, 2.05) is 9.80 Å². The normalized spacial score (nSPS) is 23.3. The summed E-state index contributed by atoms with van der Waals surface area (Å²) < 4.78 is 67.3. The van der Waals surface area contributed by atoms with E-state index in [1.165, 1.54) is 28.6 Å². The van der Waals surface area contributed by atoms with Crippen LogP contribution in [0.3, 0.4) is 0 Å². The van der Waals surface area contributed by atoms with E-state index in [0.717, 1.165) is 11.3 Å². The first-order chi connectivity index (χ1) is 15.4. The number of likely N-dealkylation sites (tertiary alicyclic amines) is 1. The zero-order valence-corrected chi connectivity index (χ0v) is 19.6. The maximum atomic E-state index is 13.2. The minimum absolute atomic E-state index is 0.217. The zero-order valence-electron chi connectivity index (χ0n) is 17.9. The fourth-order valence-electron chi connectivity index (χ4n) is 4.21. The maximum absolute atomic E-state index is 13.2. The maximum Gasteiger partial charge on any atom is 0.421 e. The minimum atomic E-state index is -4.81. The Labute approximate surface area is 194 Å². The lowest BCUT2D eigenvalue weighted by molar-refractivity contribution is -0.258. The number of benzene rings is 1. The first-order valence-corrected chi connectivity index (χ1v) is 12.8. The second-order valence-corrected chi connectivity index (χ2v) is 11.7. The van der Waals surface area contributed by atoms with Crippen molar-refractivity contribution < 1.29 is 31.8 Å². The Morgan fingerprint density at radius 2 is 1.76 bits per heavy atom. The first-order valence-electron chi connectivity index (χ1n) is 10.5. The number of thiophene rings is 1. The summed E-state index contributed by atoms with van der Waals surface area (Å²) in [5.74, 6) is 0. The molecule has 2 aliphatic heterocycles. The number of piperazine rings is 1. The number of halogens is 3. The van der Waals surface area contributed by atoms with Gasteiger partial charge in [-0.25, -0.2) is 8.42 Å². The highest BCUT2D eigenvalue weighted by atomic mass is 32.2. The van der Waals surface area contributed by atoms with E-state index in [2.05, 4.69) is 0 Å². The molecule has 0 amide bonds. The van der Waals surface area contributed by atoms with Crippen molar-refractivity contribution in [3.8, 4) is 0 Å². The number of anilines is 1. The predicted molar refractivity (Wildman–Crippen MR) is 119 cm³/mol. The zero-order chi connectivity index (χ0) is 24.0. The third-order valence-corrected chi connectivity index (χ3v) is 9.49. The van der Waals surface area contributed by atoms with Crippen LogP contribution in [0.2, 0.25) is 0 Å². The van der Waals surface area contributed by atoms with Gasteiger partial charge < -0.3 is 15.1 Å². The highest BCUT2D eigenvalue weighted by molar-refractivity contribution is 7.91. The molecule has 0 radical (unpaired) electrons. The largest absolute Gasteiger partial charge is 0.421 e. The molecule has 7 nitrogen and oxygen atoms in total. The van der Waals surface area contributed by atoms with Crippen LogP contribution in [-0.2, 0) is 15.6 Å². The molecule has 0 saturated carbocycles. The Kier molecular flexibility index (Phi) is 6.53. The van der Waals surface area contributed by atoms with Crippen LogP contribution >= 0.6 is 11.3 Å². The molecule has 0 bridgehead atoms. The Hall–Kier alpha value is -1.70. The summed E-state index contributed by atoms with van der Waals surface area (Å²) in [6.07, 6.45) is -5.21. The number of rotatable bonds is 6. The van der Waals surface area contributed by atoms with Crippen molar-refractivity contribution in [2.24, 2.45) is 0 Å². The fourth-order valence-corrected chi connectivity index (χ4v) is 6.82. The van der Waals surface area contributed by atoms with Crippen molar-refractivity contribution in [3.63, 3.8) is 0 Å². The first kappa shape index (κ1) is 24.4. The van der Waals surface area contributed by atoms with Gasteiger partial charge in [0, 0.05) is 45.0 Å². The molecule has 1 aromatic carbocycles. The minimum Gasteiger partial charge on any atom is -0.390 e. The van der Waals surface area contributed by atoms with Crippen LogP contribution in [-0.4, -0.2) is 85.4 Å². The molecular formula is C21H26F3N3O4S2. The Bertz CT molecular complexity index is 1050. The van der Waals surface area contributed by atoms with E-state index < -0.39 is 27.9 Å². The number of aliphatic hydroxyl groups is 2. The van der Waals surface area contributed by atoms with Gasteiger partial charge in [-0.05, 0) is 36.1 Å². The van der Waals surface area contributed by atoms with Crippen molar-refractivity contribution in [1.29, 1.82) is 0 Å². The lowest BCUT2D eigenvalue weighted by Crippen LogP contribution is -2.62. The topological polar surface area (TPSA) is 84.3 Å². The van der Waals surface area contributed by atoms with Gasteiger partial charge in [0.1, 0.15) is 4.21 Å². The lowest BCUT2D eigenvalue weighted by Gasteiger charge is -2.46. The molecule has 2 N–H and O–H groups in total. The summed E-state index contributed by atoms with van der Waals surface area (Å²) in [7, 11) is -3.64. The van der Waals surface area contributed by atoms with E-state index in [0.29, 0.717) is 38.8 Å². The number of nitrogens with zero attached hydrogens (tertiary/aromatic N) is 3. The molecule has 182 valence electrons. The van der Waals surface area contributed by atoms with Crippen molar-refractivity contribution in [3.05, 3.63) is 47.3 Å². The van der Waals surface area contributed by atoms with E-state index in [4.69, 9.17) is 0 Å². The number of β-amino-alcohol motifs (C(OH)–C–C–N with tert-alkyl or cyclic N) is 1. The molecule has 0 unspecified atom stereocenters. The van der Waals surface area contributed by atoms with Gasteiger partial charge >= 0.3 is 6.18 Å². The molecule has 2 aromatic rings. The van der Waals surface area contributed by atoms with E-state index in [1.54, 1.807) is 17.5 Å². The van der Waals surface area contributed by atoms with Gasteiger partial charge in [0.2, 0.25) is 0 Å². The summed E-state index contributed by atoms with van der Waals surface area (Å²) >= 11 is 1.16. The van der Waals surface area contributed by atoms with Gasteiger partial charge in [0.15, 0.2) is 5.60 Å². The molecule has 12 heteroatoms. The van der Waals surface area contributed by atoms with Crippen LogP contribution in [0.5, 0.6) is 0 Å². The van der Waals surface area contributed by atoms with Crippen molar-refractivity contribution in [2.75, 3.05) is 44.2 Å². The van der Waals surface area contributed by atoms with Gasteiger partial charge in [0.05, 0.1) is 12.1 Å². The Morgan fingerprint density at radius 3 is 2.30 bits per heavy atom. The molecule has 33 heavy (non-hydrogen) atoms. The summed E-state index contributed by atoms with van der Waals surface area (Å²) in [4.78, 5) is 4.00. The van der Waals surface area contributed by atoms with Crippen molar-refractivity contribution in [1.82, 2.24) is 9.21 Å². The molecule has 2 atom stereocenters. The second kappa shape index (κ2) is 8.82. The lowest BCUT2D eigenvalue weighted by atomic mass is 9.95. The average molecular weight is 506 g/mol. The molecule has 0 spiro atoms. The van der Waals surface area contributed by atoms with Crippen LogP contribution in [0, 0.1) is 0 Å². The van der Waals surface area contributed by atoms with Crippen LogP contribution in [0.1, 0.15) is 12.5 Å². The quantitative estimate of drug-likeness (QED) is 0.626. The summed E-state index contributed by atoms with van der Waals surface area (Å²) in [5, 5.41) is 21.3. The molecule has 1 aromatic heterocycles. The third kappa shape index (κ3) is 4.77. The van der Waals surface area contributed by atoms with Crippen LogP contribution in [0.15, 0.2) is 46.0 Å². The molecule has 4 rings (SSSR count). The van der Waals surface area contributed by atoms with Crippen LogP contribution in [0.25, 0.3) is 0 Å². The standard InChI is InChI=1S/C21H26F3N3O4S2/c1-20(29,21(22,23)24)15-4-6-16(7-5-15)27-9-8-26(33(30,31)19-3-2-10-32-19)12-17(27)11-25-13-18(28)14-25/h2-7,10,17-18,28-29H,8-9,11-14H2,1H3/t17-,20-/m0/s1. The molecular weight excluding hydrogens is 479 g/mol. The monoisotopic (exact) mass is 505 g/mol. The third-order valence-electron chi connectivity index (χ3n) is 6.25. The molecule has 3 heterocycles. The SMILES string of the molecule is C[C@](O)(c1ccc(N2CCN(S(=O)(=O)c3cccs3)C[C@@H]2CN2CC(O)C2)cc1)C(F)(F)F. The van der Waals surface area contributed by atoms with Gasteiger partial charge in [-0.1, -0.05) is 18.2 Å². The summed E-state index contributed by atoms with van der Waals surface area (Å²) in [6.45, 7) is 3.03. The number of hydrogen-bond donors (Lipinski definition) is 2. The predicted octanol–water partition coefficient (Wildman–Crippen LogP) is 2.07. The smallest absolute Gasteiger partial charge is 0.390 e. The fraction of sp³-hybridized carbons (Fsp3) is 0.524. The Balaban J connectivity index is 1.57. The Morgan fingerprint density at radius 1 is 1.09 bits per heavy atom. The summed E-state index contributed by atoms with van der Waals surface area (Å²) in [6, 6.07) is 8.55. The van der Waals surface area contributed by atoms with Gasteiger partial charge in [-0.3, -0.25) is 4.90 Å². The highest BCUT2D eigenvalue weighted by Gasteiger charge is 2.51. The van der Waals surface area contributed by atoms with Crippen LogP contribution < -0.4 is 4.90 Å². The number of alkyl halides is 3. The van der Waals surface area contributed by atoms with Gasteiger partial charge in [0.25, 0.3) is 10.0 Å². The highest BCUT2D eigenvalue weighted by Crippen LogP contribution is 2.39. The van der Waals surface area contributed by atoms with Crippen molar-refractivity contribution >= 4 is 27.0 Å². The molecule has 2 fully saturated rings. The number of hydrogen-bond acceptors (Lipinski definition) is 7. The van der Waals surface area contributed by atoms with Crippen LogP contribution in [0.4, 0.5) is 18.9 Å². The number of sulfonamides is 1. The molecule has 2 aliphatic rings. The second-order valence-electron chi connectivity index (χ2n) is 8.63. The molecule has 0 aliphatic carbocycles. The van der Waals surface area contributed by atoms with Crippen molar-refractivity contribution in [2.45, 2.75) is 35.1 Å². The van der Waals surface area contributed by atoms with E-state index in [9.17, 15) is 31.8 Å². The summed E-state index contributed by atoms with van der Waals surface area (Å²) in [5.41, 5.74) is -2.58. The van der Waals surface area contributed by atoms with Gasteiger partial charge in [-0.2, -0.15) is 17.5 Å². The van der Waals surface area contributed by atoms with E-state index >= 15 is 0 Å².